The second kappa shape index (κ2) is 5.12. The van der Waals surface area contributed by atoms with Gasteiger partial charge in [-0.3, -0.25) is 9.48 Å². The monoisotopic (exact) mass is 222 g/mol. The average Bonchev–Trinajstić information content (AvgIpc) is 2.89. The zero-order chi connectivity index (χ0) is 11.4. The highest BCUT2D eigenvalue weighted by Crippen LogP contribution is 2.07. The Hall–Kier alpha value is -1.36. The molecule has 0 radical (unpaired) electrons. The Labute approximate surface area is 95.2 Å². The zero-order valence-corrected chi connectivity index (χ0v) is 9.57. The van der Waals surface area contributed by atoms with E-state index in [1.54, 1.807) is 24.1 Å². The van der Waals surface area contributed by atoms with Crippen LogP contribution >= 0.6 is 0 Å². The Morgan fingerprint density at radius 3 is 3.25 bits per heavy atom. The molecule has 0 unspecified atom stereocenters. The van der Waals surface area contributed by atoms with E-state index in [2.05, 4.69) is 15.7 Å². The highest BCUT2D eigenvalue weighted by atomic mass is 16.1. The van der Waals surface area contributed by atoms with Gasteiger partial charge in [-0.25, -0.2) is 0 Å². The van der Waals surface area contributed by atoms with Crippen molar-refractivity contribution in [3.63, 3.8) is 0 Å². The van der Waals surface area contributed by atoms with Gasteiger partial charge in [0.05, 0.1) is 11.8 Å². The summed E-state index contributed by atoms with van der Waals surface area (Å²) < 4.78 is 1.63. The molecule has 16 heavy (non-hydrogen) atoms. The van der Waals surface area contributed by atoms with Gasteiger partial charge in [0.25, 0.3) is 5.91 Å². The van der Waals surface area contributed by atoms with Crippen LogP contribution in [0.4, 0.5) is 0 Å². The number of nitrogens with zero attached hydrogens (tertiary/aromatic N) is 2. The molecule has 1 saturated heterocycles. The van der Waals surface area contributed by atoms with E-state index in [9.17, 15) is 4.79 Å². The van der Waals surface area contributed by atoms with Gasteiger partial charge < -0.3 is 10.6 Å². The molecule has 0 bridgehead atoms. The number of nitrogens with one attached hydrogen (secondary N) is 2. The third-order valence-corrected chi connectivity index (χ3v) is 2.91. The fraction of sp³-hybridized carbons (Fsp3) is 0.636. The minimum atomic E-state index is -0.0360. The van der Waals surface area contributed by atoms with Gasteiger partial charge in [-0.15, -0.1) is 0 Å². The summed E-state index contributed by atoms with van der Waals surface area (Å²) in [6.45, 7) is 1.84. The predicted octanol–water partition coefficient (Wildman–Crippen LogP) is 0.292. The first-order valence-electron chi connectivity index (χ1n) is 5.76. The summed E-state index contributed by atoms with van der Waals surface area (Å²) in [4.78, 5) is 11.6. The third kappa shape index (κ3) is 2.82. The van der Waals surface area contributed by atoms with Crippen LogP contribution in [0.2, 0.25) is 0 Å². The number of amides is 1. The molecule has 1 aromatic rings. The maximum absolute atomic E-state index is 11.6. The van der Waals surface area contributed by atoms with Gasteiger partial charge in [-0.05, 0) is 25.8 Å². The Kier molecular flexibility index (Phi) is 3.56. The van der Waals surface area contributed by atoms with Crippen molar-refractivity contribution in [2.45, 2.75) is 25.3 Å². The second-order valence-electron chi connectivity index (χ2n) is 4.24. The van der Waals surface area contributed by atoms with Crippen molar-refractivity contribution >= 4 is 5.91 Å². The van der Waals surface area contributed by atoms with Crippen LogP contribution in [0.3, 0.4) is 0 Å². The molecule has 88 valence electrons. The molecule has 2 N–H and O–H groups in total. The van der Waals surface area contributed by atoms with Gasteiger partial charge in [-0.2, -0.15) is 5.10 Å². The van der Waals surface area contributed by atoms with Crippen molar-refractivity contribution in [3.8, 4) is 0 Å². The fourth-order valence-electron chi connectivity index (χ4n) is 2.00. The molecule has 2 heterocycles. The van der Waals surface area contributed by atoms with E-state index >= 15 is 0 Å². The standard InChI is InChI=1S/C11H18N4O/c1-15-8-9(7-14-15)11(16)13-6-4-10-3-2-5-12-10/h7-8,10,12H,2-6H2,1H3,(H,13,16)/t10-/m0/s1. The molecule has 0 aromatic carbocycles. The van der Waals surface area contributed by atoms with Crippen LogP contribution in [0, 0.1) is 0 Å². The summed E-state index contributed by atoms with van der Waals surface area (Å²) in [6, 6.07) is 0.578. The first-order chi connectivity index (χ1) is 7.75. The molecule has 1 amide bonds. The summed E-state index contributed by atoms with van der Waals surface area (Å²) in [6.07, 6.45) is 6.79. The largest absolute Gasteiger partial charge is 0.352 e. The van der Waals surface area contributed by atoms with E-state index < -0.39 is 0 Å². The van der Waals surface area contributed by atoms with Crippen molar-refractivity contribution in [1.82, 2.24) is 20.4 Å². The molecule has 0 aliphatic carbocycles. The lowest BCUT2D eigenvalue weighted by atomic mass is 10.1. The lowest BCUT2D eigenvalue weighted by Crippen LogP contribution is -2.30. The molecule has 5 heteroatoms. The Morgan fingerprint density at radius 2 is 2.62 bits per heavy atom. The minimum Gasteiger partial charge on any atom is -0.352 e. The summed E-state index contributed by atoms with van der Waals surface area (Å²) >= 11 is 0. The van der Waals surface area contributed by atoms with Gasteiger partial charge in [0.2, 0.25) is 0 Å². The maximum atomic E-state index is 11.6. The van der Waals surface area contributed by atoms with Crippen LogP contribution in [-0.4, -0.2) is 34.8 Å². The van der Waals surface area contributed by atoms with E-state index in [4.69, 9.17) is 0 Å². The number of carbonyl (C=O) groups is 1. The van der Waals surface area contributed by atoms with Crippen molar-refractivity contribution in [2.24, 2.45) is 7.05 Å². The Morgan fingerprint density at radius 1 is 1.75 bits per heavy atom. The summed E-state index contributed by atoms with van der Waals surface area (Å²) in [5, 5.41) is 10.3. The molecule has 5 nitrogen and oxygen atoms in total. The van der Waals surface area contributed by atoms with Crippen molar-refractivity contribution < 1.29 is 4.79 Å². The molecular formula is C11H18N4O. The van der Waals surface area contributed by atoms with Gasteiger partial charge in [0, 0.05) is 25.8 Å². The molecule has 0 spiro atoms. The van der Waals surface area contributed by atoms with Gasteiger partial charge in [-0.1, -0.05) is 0 Å². The maximum Gasteiger partial charge on any atom is 0.254 e. The van der Waals surface area contributed by atoms with Crippen LogP contribution in [-0.2, 0) is 7.05 Å². The Bertz CT molecular complexity index is 355. The normalized spacial score (nSPS) is 19.9. The van der Waals surface area contributed by atoms with Crippen LogP contribution in [0.25, 0.3) is 0 Å². The average molecular weight is 222 g/mol. The highest BCUT2D eigenvalue weighted by molar-refractivity contribution is 5.93. The zero-order valence-electron chi connectivity index (χ0n) is 9.57. The van der Waals surface area contributed by atoms with Crippen LogP contribution in [0.15, 0.2) is 12.4 Å². The SMILES string of the molecule is Cn1cc(C(=O)NCC[C@@H]2CCCN2)cn1. The molecule has 1 aromatic heterocycles. The molecule has 1 aliphatic heterocycles. The lowest BCUT2D eigenvalue weighted by molar-refractivity contribution is 0.0952. The number of aryl methyl sites for hydroxylation is 1. The lowest BCUT2D eigenvalue weighted by Gasteiger charge is -2.09. The van der Waals surface area contributed by atoms with E-state index in [1.807, 2.05) is 0 Å². The van der Waals surface area contributed by atoms with Crippen LogP contribution < -0.4 is 10.6 Å². The smallest absolute Gasteiger partial charge is 0.254 e. The molecule has 2 rings (SSSR count). The number of rotatable bonds is 4. The van der Waals surface area contributed by atoms with Crippen molar-refractivity contribution in [2.75, 3.05) is 13.1 Å². The quantitative estimate of drug-likeness (QED) is 0.770. The van der Waals surface area contributed by atoms with E-state index in [0.717, 1.165) is 19.5 Å². The predicted molar refractivity (Wildman–Crippen MR) is 61.2 cm³/mol. The van der Waals surface area contributed by atoms with Gasteiger partial charge >= 0.3 is 0 Å². The van der Waals surface area contributed by atoms with Crippen LogP contribution in [0.1, 0.15) is 29.6 Å². The number of aromatic nitrogens is 2. The topological polar surface area (TPSA) is 59.0 Å². The Balaban J connectivity index is 1.71. The van der Waals surface area contributed by atoms with Crippen molar-refractivity contribution in [1.29, 1.82) is 0 Å². The van der Waals surface area contributed by atoms with Crippen molar-refractivity contribution in [3.05, 3.63) is 18.0 Å². The van der Waals surface area contributed by atoms with Gasteiger partial charge in [0.15, 0.2) is 0 Å². The molecule has 1 fully saturated rings. The number of hydrogen-bond donors (Lipinski definition) is 2. The highest BCUT2D eigenvalue weighted by Gasteiger charge is 2.14. The number of hydrogen-bond acceptors (Lipinski definition) is 3. The molecular weight excluding hydrogens is 204 g/mol. The summed E-state index contributed by atoms with van der Waals surface area (Å²) in [5.74, 6) is -0.0360. The summed E-state index contributed by atoms with van der Waals surface area (Å²) in [7, 11) is 1.80. The fourth-order valence-corrected chi connectivity index (χ4v) is 2.00. The molecule has 1 atom stereocenters. The summed E-state index contributed by atoms with van der Waals surface area (Å²) in [5.41, 5.74) is 0.627. The number of carbonyl (C=O) groups excluding carboxylic acids is 1. The first kappa shape index (κ1) is 11.1. The van der Waals surface area contributed by atoms with Gasteiger partial charge in [0.1, 0.15) is 0 Å². The van der Waals surface area contributed by atoms with E-state index in [1.165, 1.54) is 12.8 Å². The molecule has 0 saturated carbocycles. The molecule has 1 aliphatic rings. The first-order valence-corrected chi connectivity index (χ1v) is 5.76. The van der Waals surface area contributed by atoms with E-state index in [-0.39, 0.29) is 5.91 Å². The minimum absolute atomic E-state index is 0.0360. The third-order valence-electron chi connectivity index (χ3n) is 2.91. The van der Waals surface area contributed by atoms with E-state index in [0.29, 0.717) is 11.6 Å². The second-order valence-corrected chi connectivity index (χ2v) is 4.24. The van der Waals surface area contributed by atoms with Crippen LogP contribution in [0.5, 0.6) is 0 Å².